The molecule has 0 rings (SSSR count). The summed E-state index contributed by atoms with van der Waals surface area (Å²) >= 11 is 3.96. The Kier molecular flexibility index (Phi) is 4.47. The van der Waals surface area contributed by atoms with Crippen molar-refractivity contribution >= 4 is 18.5 Å². The highest BCUT2D eigenvalue weighted by molar-refractivity contribution is 7.81. The molecule has 4 heteroatoms. The molecule has 1 atom stereocenters. The van der Waals surface area contributed by atoms with Crippen LogP contribution >= 0.6 is 12.6 Å². The molecule has 0 fully saturated rings. The summed E-state index contributed by atoms with van der Waals surface area (Å²) in [4.78, 5) is 10.9. The molecule has 1 amide bonds. The van der Waals surface area contributed by atoms with E-state index in [1.807, 2.05) is 13.8 Å². The fourth-order valence-electron chi connectivity index (χ4n) is 0.488. The van der Waals surface area contributed by atoms with Crippen LogP contribution in [0.4, 0.5) is 0 Å². The second-order valence-corrected chi connectivity index (χ2v) is 3.04. The minimum Gasteiger partial charge on any atom is -0.353 e. The molecule has 0 spiro atoms. The van der Waals surface area contributed by atoms with E-state index in [2.05, 4.69) is 17.9 Å². The Morgan fingerprint density at radius 2 is 2.20 bits per heavy atom. The largest absolute Gasteiger partial charge is 0.353 e. The van der Waals surface area contributed by atoms with E-state index in [4.69, 9.17) is 5.73 Å². The number of rotatable bonds is 3. The van der Waals surface area contributed by atoms with Crippen molar-refractivity contribution in [1.82, 2.24) is 5.32 Å². The number of nitrogens with two attached hydrogens (primary N) is 1. The highest BCUT2D eigenvalue weighted by Crippen LogP contribution is 1.91. The van der Waals surface area contributed by atoms with Crippen LogP contribution in [0.25, 0.3) is 0 Å². The second-order valence-electron chi connectivity index (χ2n) is 2.41. The predicted octanol–water partition coefficient (Wildman–Crippen LogP) is -0.232. The molecule has 0 heterocycles. The lowest BCUT2D eigenvalue weighted by molar-refractivity contribution is -0.120. The summed E-state index contributed by atoms with van der Waals surface area (Å²) in [6.07, 6.45) is 0. The minimum absolute atomic E-state index is 0.0965. The number of thiol groups is 1. The van der Waals surface area contributed by atoms with Crippen molar-refractivity contribution < 1.29 is 4.79 Å². The molecule has 0 radical (unpaired) electrons. The molecule has 3 N–H and O–H groups in total. The van der Waals surface area contributed by atoms with Crippen molar-refractivity contribution in [2.75, 3.05) is 6.54 Å². The van der Waals surface area contributed by atoms with Crippen LogP contribution in [0.15, 0.2) is 0 Å². The van der Waals surface area contributed by atoms with Gasteiger partial charge in [-0.3, -0.25) is 4.79 Å². The Morgan fingerprint density at radius 1 is 1.70 bits per heavy atom. The quantitative estimate of drug-likeness (QED) is 0.502. The molecule has 60 valence electrons. The van der Waals surface area contributed by atoms with Gasteiger partial charge in [0.1, 0.15) is 0 Å². The predicted molar refractivity (Wildman–Crippen MR) is 45.1 cm³/mol. The summed E-state index contributed by atoms with van der Waals surface area (Å²) in [7, 11) is 0. The summed E-state index contributed by atoms with van der Waals surface area (Å²) in [5, 5.41) is 2.33. The first-order valence-electron chi connectivity index (χ1n) is 3.26. The third-order valence-corrected chi connectivity index (χ3v) is 1.40. The summed E-state index contributed by atoms with van der Waals surface area (Å²) in [6, 6.07) is 0.161. The van der Waals surface area contributed by atoms with Gasteiger partial charge >= 0.3 is 0 Å². The van der Waals surface area contributed by atoms with E-state index in [-0.39, 0.29) is 23.7 Å². The van der Waals surface area contributed by atoms with Crippen molar-refractivity contribution in [3.8, 4) is 0 Å². The molecule has 0 aliphatic rings. The molecule has 10 heavy (non-hydrogen) atoms. The van der Waals surface area contributed by atoms with Crippen molar-refractivity contribution in [2.24, 2.45) is 5.73 Å². The fourth-order valence-corrected chi connectivity index (χ4v) is 0.562. The Balaban J connectivity index is 3.62. The average molecular weight is 162 g/mol. The first kappa shape index (κ1) is 9.78. The Hall–Kier alpha value is -0.220. The number of carbonyl (C=O) groups excluding carboxylic acids is 1. The fraction of sp³-hybridized carbons (Fsp3) is 0.833. The van der Waals surface area contributed by atoms with Crippen LogP contribution in [-0.2, 0) is 4.79 Å². The highest BCUT2D eigenvalue weighted by atomic mass is 32.1. The van der Waals surface area contributed by atoms with Crippen LogP contribution in [0.3, 0.4) is 0 Å². The first-order chi connectivity index (χ1) is 4.57. The van der Waals surface area contributed by atoms with E-state index in [0.29, 0.717) is 0 Å². The van der Waals surface area contributed by atoms with Gasteiger partial charge in [-0.2, -0.15) is 12.6 Å². The zero-order valence-corrected chi connectivity index (χ0v) is 7.19. The lowest BCUT2D eigenvalue weighted by Crippen LogP contribution is -2.39. The topological polar surface area (TPSA) is 55.1 Å². The lowest BCUT2D eigenvalue weighted by Gasteiger charge is -2.11. The number of hydrogen-bond acceptors (Lipinski definition) is 3. The number of amides is 1. The maximum absolute atomic E-state index is 10.9. The molecular weight excluding hydrogens is 148 g/mol. The third kappa shape index (κ3) is 3.74. The maximum Gasteiger partial charge on any atom is 0.234 e. The van der Waals surface area contributed by atoms with Gasteiger partial charge in [0, 0.05) is 12.6 Å². The van der Waals surface area contributed by atoms with Gasteiger partial charge in [0.2, 0.25) is 5.91 Å². The van der Waals surface area contributed by atoms with E-state index in [1.54, 1.807) is 0 Å². The number of carbonyl (C=O) groups is 1. The van der Waals surface area contributed by atoms with Gasteiger partial charge in [-0.25, -0.2) is 0 Å². The number of nitrogens with one attached hydrogen (secondary N) is 1. The summed E-state index contributed by atoms with van der Waals surface area (Å²) in [5.74, 6) is -0.0965. The summed E-state index contributed by atoms with van der Waals surface area (Å²) in [5.41, 5.74) is 5.21. The highest BCUT2D eigenvalue weighted by Gasteiger charge is 2.11. The zero-order chi connectivity index (χ0) is 8.15. The first-order valence-corrected chi connectivity index (χ1v) is 3.78. The van der Waals surface area contributed by atoms with Crippen LogP contribution in [0.2, 0.25) is 0 Å². The molecule has 0 saturated carbocycles. The normalized spacial score (nSPS) is 13.3. The molecule has 0 aliphatic carbocycles. The van der Waals surface area contributed by atoms with Gasteiger partial charge in [0.25, 0.3) is 0 Å². The molecule has 0 bridgehead atoms. The molecule has 0 aromatic rings. The van der Waals surface area contributed by atoms with Crippen molar-refractivity contribution in [2.45, 2.75) is 25.1 Å². The van der Waals surface area contributed by atoms with Crippen LogP contribution in [0.1, 0.15) is 13.8 Å². The van der Waals surface area contributed by atoms with Gasteiger partial charge in [-0.15, -0.1) is 0 Å². The summed E-state index contributed by atoms with van der Waals surface area (Å²) < 4.78 is 0. The molecule has 0 aromatic carbocycles. The third-order valence-electron chi connectivity index (χ3n) is 0.957. The summed E-state index contributed by atoms with van der Waals surface area (Å²) in [6.45, 7) is 4.07. The lowest BCUT2D eigenvalue weighted by atomic mass is 10.3. The van der Waals surface area contributed by atoms with Crippen LogP contribution in [0.5, 0.6) is 0 Å². The van der Waals surface area contributed by atoms with Gasteiger partial charge in [-0.1, -0.05) is 0 Å². The average Bonchev–Trinajstić information content (AvgIpc) is 1.85. The van der Waals surface area contributed by atoms with Gasteiger partial charge < -0.3 is 11.1 Å². The van der Waals surface area contributed by atoms with Crippen LogP contribution < -0.4 is 11.1 Å². The Bertz CT molecular complexity index is 116. The number of hydrogen-bond donors (Lipinski definition) is 3. The maximum atomic E-state index is 10.9. The monoisotopic (exact) mass is 162 g/mol. The van der Waals surface area contributed by atoms with Crippen LogP contribution in [0, 0.1) is 0 Å². The minimum atomic E-state index is -0.373. The molecule has 1 unspecified atom stereocenters. The zero-order valence-electron chi connectivity index (χ0n) is 6.29. The van der Waals surface area contributed by atoms with E-state index in [9.17, 15) is 4.79 Å². The standard InChI is InChI=1S/C6H14N2OS/c1-4(2)8-6(9)5(10)3-7/h4-5,10H,3,7H2,1-2H3,(H,8,9). The van der Waals surface area contributed by atoms with Crippen molar-refractivity contribution in [3.63, 3.8) is 0 Å². The Morgan fingerprint density at radius 3 is 2.50 bits per heavy atom. The molecule has 0 aliphatic heterocycles. The Labute approximate surface area is 66.8 Å². The smallest absolute Gasteiger partial charge is 0.234 e. The van der Waals surface area contributed by atoms with Gasteiger partial charge in [0.05, 0.1) is 5.25 Å². The van der Waals surface area contributed by atoms with E-state index >= 15 is 0 Å². The second kappa shape index (κ2) is 4.57. The van der Waals surface area contributed by atoms with Crippen molar-refractivity contribution in [1.29, 1.82) is 0 Å². The SMILES string of the molecule is CC(C)NC(=O)C(S)CN. The van der Waals surface area contributed by atoms with Crippen LogP contribution in [-0.4, -0.2) is 23.7 Å². The van der Waals surface area contributed by atoms with E-state index in [1.165, 1.54) is 0 Å². The molecule has 0 saturated heterocycles. The molecular formula is C6H14N2OS. The molecule has 3 nitrogen and oxygen atoms in total. The van der Waals surface area contributed by atoms with Gasteiger partial charge in [0.15, 0.2) is 0 Å². The van der Waals surface area contributed by atoms with E-state index in [0.717, 1.165) is 0 Å². The van der Waals surface area contributed by atoms with Gasteiger partial charge in [-0.05, 0) is 13.8 Å². The van der Waals surface area contributed by atoms with Crippen molar-refractivity contribution in [3.05, 3.63) is 0 Å². The molecule has 0 aromatic heterocycles. The van der Waals surface area contributed by atoms with E-state index < -0.39 is 0 Å².